The fourth-order valence-corrected chi connectivity index (χ4v) is 2.16. The largest absolute Gasteiger partial charge is 0.306 e. The minimum atomic E-state index is -0.549. The molecule has 19 heavy (non-hydrogen) atoms. The summed E-state index contributed by atoms with van der Waals surface area (Å²) in [5, 5.41) is 3.23. The zero-order valence-electron chi connectivity index (χ0n) is 10.5. The predicted molar refractivity (Wildman–Crippen MR) is 80.8 cm³/mol. The van der Waals surface area contributed by atoms with Crippen LogP contribution < -0.4 is 5.32 Å². The lowest BCUT2D eigenvalue weighted by molar-refractivity contribution is 0.533. The maximum atomic E-state index is 13.5. The molecule has 100 valence electrons. The van der Waals surface area contributed by atoms with Gasteiger partial charge >= 0.3 is 0 Å². The van der Waals surface area contributed by atoms with Gasteiger partial charge in [-0.25, -0.2) is 8.78 Å². The van der Waals surface area contributed by atoms with Gasteiger partial charge in [0.2, 0.25) is 0 Å². The van der Waals surface area contributed by atoms with Crippen LogP contribution in [0, 0.1) is 15.2 Å². The number of hydrogen-bond acceptors (Lipinski definition) is 1. The van der Waals surface area contributed by atoms with Crippen LogP contribution in [0.2, 0.25) is 0 Å². The zero-order chi connectivity index (χ0) is 13.8. The van der Waals surface area contributed by atoms with Gasteiger partial charge in [-0.2, -0.15) is 0 Å². The predicted octanol–water partition coefficient (Wildman–Crippen LogP) is 4.42. The van der Waals surface area contributed by atoms with Gasteiger partial charge in [-0.1, -0.05) is 18.2 Å². The van der Waals surface area contributed by atoms with Crippen molar-refractivity contribution in [3.8, 4) is 0 Å². The molecule has 1 nitrogen and oxygen atoms in total. The van der Waals surface area contributed by atoms with Gasteiger partial charge in [0.25, 0.3) is 0 Å². The molecule has 0 amide bonds. The van der Waals surface area contributed by atoms with E-state index < -0.39 is 11.6 Å². The normalized spacial score (nSPS) is 12.4. The Bertz CT molecular complexity index is 555. The molecule has 0 radical (unpaired) electrons. The summed E-state index contributed by atoms with van der Waals surface area (Å²) in [4.78, 5) is 0. The van der Waals surface area contributed by atoms with Crippen LogP contribution >= 0.6 is 22.6 Å². The highest BCUT2D eigenvalue weighted by Crippen LogP contribution is 2.16. The molecule has 0 fully saturated rings. The summed E-state index contributed by atoms with van der Waals surface area (Å²) < 4.78 is 27.4. The Morgan fingerprint density at radius 3 is 2.42 bits per heavy atom. The Morgan fingerprint density at radius 1 is 1.11 bits per heavy atom. The third kappa shape index (κ3) is 3.98. The van der Waals surface area contributed by atoms with E-state index in [1.807, 2.05) is 31.2 Å². The van der Waals surface area contributed by atoms with Crippen LogP contribution in [-0.2, 0) is 6.54 Å². The number of nitrogens with one attached hydrogen (secondary N) is 1. The van der Waals surface area contributed by atoms with Crippen molar-refractivity contribution in [2.45, 2.75) is 19.5 Å². The van der Waals surface area contributed by atoms with Crippen LogP contribution in [-0.4, -0.2) is 0 Å². The number of halogens is 3. The Balaban J connectivity index is 2.00. The highest BCUT2D eigenvalue weighted by molar-refractivity contribution is 14.1. The van der Waals surface area contributed by atoms with E-state index in [4.69, 9.17) is 0 Å². The van der Waals surface area contributed by atoms with Crippen molar-refractivity contribution in [3.05, 3.63) is 68.8 Å². The smallest absolute Gasteiger partial charge is 0.130 e. The molecule has 0 heterocycles. The summed E-state index contributed by atoms with van der Waals surface area (Å²) in [6, 6.07) is 11.9. The first-order valence-electron chi connectivity index (χ1n) is 5.99. The molecule has 2 aromatic carbocycles. The van der Waals surface area contributed by atoms with Crippen molar-refractivity contribution in [1.82, 2.24) is 5.32 Å². The van der Waals surface area contributed by atoms with Crippen LogP contribution in [0.4, 0.5) is 8.78 Å². The minimum absolute atomic E-state index is 0.112. The molecule has 2 rings (SSSR count). The van der Waals surface area contributed by atoms with E-state index in [0.29, 0.717) is 12.1 Å². The summed E-state index contributed by atoms with van der Waals surface area (Å²) >= 11 is 2.25. The molecule has 0 aliphatic rings. The number of rotatable bonds is 4. The van der Waals surface area contributed by atoms with E-state index in [1.165, 1.54) is 15.7 Å². The molecule has 0 saturated heterocycles. The highest BCUT2D eigenvalue weighted by Gasteiger charge is 2.07. The molecule has 0 bridgehead atoms. The van der Waals surface area contributed by atoms with E-state index in [2.05, 4.69) is 27.9 Å². The molecule has 1 atom stereocenters. The van der Waals surface area contributed by atoms with Crippen LogP contribution in [0.5, 0.6) is 0 Å². The lowest BCUT2D eigenvalue weighted by atomic mass is 10.1. The molecule has 1 N–H and O–H groups in total. The summed E-state index contributed by atoms with van der Waals surface area (Å²) in [7, 11) is 0. The molecule has 4 heteroatoms. The van der Waals surface area contributed by atoms with E-state index >= 15 is 0 Å². The fourth-order valence-electron chi connectivity index (χ4n) is 1.80. The molecule has 0 aromatic heterocycles. The monoisotopic (exact) mass is 373 g/mol. The van der Waals surface area contributed by atoms with E-state index in [9.17, 15) is 8.78 Å². The average Bonchev–Trinajstić information content (AvgIpc) is 2.38. The van der Waals surface area contributed by atoms with Crippen LogP contribution in [0.25, 0.3) is 0 Å². The lowest BCUT2D eigenvalue weighted by Gasteiger charge is -2.14. The van der Waals surface area contributed by atoms with Crippen molar-refractivity contribution in [3.63, 3.8) is 0 Å². The average molecular weight is 373 g/mol. The number of benzene rings is 2. The summed E-state index contributed by atoms with van der Waals surface area (Å²) in [6.45, 7) is 2.39. The first-order chi connectivity index (χ1) is 9.06. The van der Waals surface area contributed by atoms with Gasteiger partial charge in [0.1, 0.15) is 11.6 Å². The third-order valence-corrected chi connectivity index (χ3v) is 3.70. The van der Waals surface area contributed by atoms with Crippen molar-refractivity contribution >= 4 is 22.6 Å². The number of hydrogen-bond donors (Lipinski definition) is 1. The SMILES string of the molecule is CC(NCc1ccc(F)cc1F)c1ccc(I)cc1. The maximum absolute atomic E-state index is 13.5. The van der Waals surface area contributed by atoms with Crippen molar-refractivity contribution < 1.29 is 8.78 Å². The molecular weight excluding hydrogens is 359 g/mol. The Kier molecular flexibility index (Phi) is 4.87. The molecule has 0 aliphatic carbocycles. The van der Waals surface area contributed by atoms with Crippen molar-refractivity contribution in [2.75, 3.05) is 0 Å². The van der Waals surface area contributed by atoms with E-state index in [-0.39, 0.29) is 6.04 Å². The van der Waals surface area contributed by atoms with Gasteiger partial charge in [-0.05, 0) is 53.3 Å². The van der Waals surface area contributed by atoms with Gasteiger partial charge in [-0.3, -0.25) is 0 Å². The van der Waals surface area contributed by atoms with Crippen LogP contribution in [0.15, 0.2) is 42.5 Å². The second kappa shape index (κ2) is 6.43. The second-order valence-electron chi connectivity index (χ2n) is 4.39. The fraction of sp³-hybridized carbons (Fsp3) is 0.200. The second-order valence-corrected chi connectivity index (χ2v) is 5.64. The zero-order valence-corrected chi connectivity index (χ0v) is 12.6. The quantitative estimate of drug-likeness (QED) is 0.783. The van der Waals surface area contributed by atoms with Crippen LogP contribution in [0.3, 0.4) is 0 Å². The molecule has 2 aromatic rings. The molecule has 1 unspecified atom stereocenters. The Hall–Kier alpha value is -1.01. The molecule has 0 aliphatic heterocycles. The summed E-state index contributed by atoms with van der Waals surface area (Å²) in [6.07, 6.45) is 0. The molecular formula is C15H14F2IN. The van der Waals surface area contributed by atoms with E-state index in [0.717, 1.165) is 11.6 Å². The minimum Gasteiger partial charge on any atom is -0.306 e. The van der Waals surface area contributed by atoms with E-state index in [1.54, 1.807) is 0 Å². The Morgan fingerprint density at radius 2 is 1.79 bits per heavy atom. The summed E-state index contributed by atoms with van der Waals surface area (Å²) in [5.74, 6) is -1.06. The maximum Gasteiger partial charge on any atom is 0.130 e. The third-order valence-electron chi connectivity index (χ3n) is 2.98. The van der Waals surface area contributed by atoms with Gasteiger partial charge < -0.3 is 5.32 Å². The van der Waals surface area contributed by atoms with Gasteiger partial charge in [0.15, 0.2) is 0 Å². The van der Waals surface area contributed by atoms with Gasteiger partial charge in [0.05, 0.1) is 0 Å². The van der Waals surface area contributed by atoms with Gasteiger partial charge in [-0.15, -0.1) is 0 Å². The Labute approximate surface area is 125 Å². The first kappa shape index (κ1) is 14.4. The molecule has 0 saturated carbocycles. The van der Waals surface area contributed by atoms with Crippen molar-refractivity contribution in [1.29, 1.82) is 0 Å². The highest BCUT2D eigenvalue weighted by atomic mass is 127. The van der Waals surface area contributed by atoms with Crippen molar-refractivity contribution in [2.24, 2.45) is 0 Å². The first-order valence-corrected chi connectivity index (χ1v) is 7.07. The van der Waals surface area contributed by atoms with Crippen LogP contribution in [0.1, 0.15) is 24.1 Å². The molecule has 0 spiro atoms. The summed E-state index contributed by atoms with van der Waals surface area (Å²) in [5.41, 5.74) is 1.61. The lowest BCUT2D eigenvalue weighted by Crippen LogP contribution is -2.18. The standard InChI is InChI=1S/C15H14F2IN/c1-10(11-3-6-14(18)7-4-11)19-9-12-2-5-13(16)8-15(12)17/h2-8,10,19H,9H2,1H3. The topological polar surface area (TPSA) is 12.0 Å². The van der Waals surface area contributed by atoms with Gasteiger partial charge in [0, 0.05) is 27.8 Å².